The van der Waals surface area contributed by atoms with Gasteiger partial charge in [0.1, 0.15) is 6.04 Å². The van der Waals surface area contributed by atoms with Crippen molar-refractivity contribution in [3.63, 3.8) is 0 Å². The molecule has 6 nitrogen and oxygen atoms in total. The highest BCUT2D eigenvalue weighted by Gasteiger charge is 2.15. The predicted molar refractivity (Wildman–Crippen MR) is 51.5 cm³/mol. The van der Waals surface area contributed by atoms with Crippen molar-refractivity contribution in [1.82, 2.24) is 20.3 Å². The first-order valence-electron chi connectivity index (χ1n) is 4.39. The summed E-state index contributed by atoms with van der Waals surface area (Å²) in [6, 6.07) is -0.408. The van der Waals surface area contributed by atoms with Gasteiger partial charge in [0.2, 0.25) is 5.91 Å². The van der Waals surface area contributed by atoms with Crippen molar-refractivity contribution >= 4 is 5.91 Å². The molecular formula is C8H15N5O. The number of carbonyl (C=O) groups excluding carboxylic acids is 1. The second kappa shape index (κ2) is 4.19. The lowest BCUT2D eigenvalue weighted by molar-refractivity contribution is -0.120. The van der Waals surface area contributed by atoms with Gasteiger partial charge in [0.25, 0.3) is 0 Å². The van der Waals surface area contributed by atoms with Gasteiger partial charge in [0.05, 0.1) is 17.9 Å². The van der Waals surface area contributed by atoms with E-state index in [1.165, 1.54) is 0 Å². The van der Waals surface area contributed by atoms with Crippen LogP contribution in [0.3, 0.4) is 0 Å². The van der Waals surface area contributed by atoms with Crippen LogP contribution in [-0.2, 0) is 11.3 Å². The Kier molecular flexibility index (Phi) is 3.19. The average molecular weight is 197 g/mol. The molecular weight excluding hydrogens is 182 g/mol. The third kappa shape index (κ3) is 2.08. The highest BCUT2D eigenvalue weighted by Crippen LogP contribution is 2.01. The molecule has 14 heavy (non-hydrogen) atoms. The zero-order valence-electron chi connectivity index (χ0n) is 8.61. The Labute approximate surface area is 82.5 Å². The first-order valence-corrected chi connectivity index (χ1v) is 4.39. The summed E-state index contributed by atoms with van der Waals surface area (Å²) in [6.07, 6.45) is 0. The molecule has 0 fully saturated rings. The summed E-state index contributed by atoms with van der Waals surface area (Å²) in [5.41, 5.74) is 7.00. The minimum Gasteiger partial charge on any atom is -0.368 e. The summed E-state index contributed by atoms with van der Waals surface area (Å²) in [7, 11) is 1.69. The van der Waals surface area contributed by atoms with Gasteiger partial charge in [-0.3, -0.25) is 4.79 Å². The van der Waals surface area contributed by atoms with E-state index in [2.05, 4.69) is 15.6 Å². The number of primary amides is 1. The van der Waals surface area contributed by atoms with E-state index in [-0.39, 0.29) is 5.91 Å². The number of hydrogen-bond acceptors (Lipinski definition) is 4. The van der Waals surface area contributed by atoms with Crippen molar-refractivity contribution in [3.05, 3.63) is 11.4 Å². The van der Waals surface area contributed by atoms with Crippen LogP contribution in [0.5, 0.6) is 0 Å². The molecule has 0 bridgehead atoms. The zero-order valence-corrected chi connectivity index (χ0v) is 8.61. The number of rotatable bonds is 4. The molecule has 0 aliphatic rings. The van der Waals surface area contributed by atoms with Crippen LogP contribution in [0.1, 0.15) is 11.4 Å². The minimum absolute atomic E-state index is 0.389. The Balaban J connectivity index is 2.77. The summed E-state index contributed by atoms with van der Waals surface area (Å²) in [4.78, 5) is 11.0. The molecule has 1 amide bonds. The van der Waals surface area contributed by atoms with Gasteiger partial charge in [-0.15, -0.1) is 5.10 Å². The molecule has 1 heterocycles. The van der Waals surface area contributed by atoms with E-state index in [1.807, 2.05) is 13.8 Å². The van der Waals surface area contributed by atoms with Gasteiger partial charge in [0.15, 0.2) is 0 Å². The van der Waals surface area contributed by atoms with Crippen LogP contribution in [0.25, 0.3) is 0 Å². The average Bonchev–Trinajstić information content (AvgIpc) is 2.44. The fraction of sp³-hybridized carbons (Fsp3) is 0.625. The first-order chi connectivity index (χ1) is 6.56. The predicted octanol–water partition coefficient (Wildman–Crippen LogP) is -1.03. The summed E-state index contributed by atoms with van der Waals surface area (Å²) in [5.74, 6) is -0.389. The maximum atomic E-state index is 11.0. The van der Waals surface area contributed by atoms with Gasteiger partial charge in [-0.1, -0.05) is 5.21 Å². The molecule has 0 aromatic carbocycles. The number of hydrogen-bond donors (Lipinski definition) is 2. The zero-order chi connectivity index (χ0) is 10.7. The van der Waals surface area contributed by atoms with E-state index in [0.29, 0.717) is 6.54 Å². The lowest BCUT2D eigenvalue weighted by atomic mass is 10.2. The van der Waals surface area contributed by atoms with Gasteiger partial charge in [-0.2, -0.15) is 0 Å². The normalized spacial score (nSPS) is 12.8. The van der Waals surface area contributed by atoms with Crippen LogP contribution in [-0.4, -0.2) is 34.0 Å². The molecule has 1 aromatic rings. The third-order valence-corrected chi connectivity index (χ3v) is 2.26. The van der Waals surface area contributed by atoms with Crippen LogP contribution in [0.15, 0.2) is 0 Å². The van der Waals surface area contributed by atoms with Crippen molar-refractivity contribution < 1.29 is 4.79 Å². The first kappa shape index (κ1) is 10.6. The van der Waals surface area contributed by atoms with Gasteiger partial charge < -0.3 is 11.1 Å². The van der Waals surface area contributed by atoms with E-state index in [9.17, 15) is 4.79 Å². The Morgan fingerprint density at radius 1 is 1.64 bits per heavy atom. The second-order valence-corrected chi connectivity index (χ2v) is 3.19. The number of aromatic nitrogens is 3. The maximum absolute atomic E-state index is 11.0. The quantitative estimate of drug-likeness (QED) is 0.646. The second-order valence-electron chi connectivity index (χ2n) is 3.19. The molecule has 0 aliphatic carbocycles. The highest BCUT2D eigenvalue weighted by atomic mass is 16.1. The molecule has 78 valence electrons. The maximum Gasteiger partial charge on any atom is 0.236 e. The topological polar surface area (TPSA) is 85.8 Å². The minimum atomic E-state index is -0.408. The lowest BCUT2D eigenvalue weighted by Gasteiger charge is -2.12. The molecule has 1 rings (SSSR count). The third-order valence-electron chi connectivity index (χ3n) is 2.26. The standard InChI is InChI=1S/C8H15N5O/c1-5-6(2)13(12-11-5)4-7(10-3)8(9)14/h7,10H,4H2,1-3H3,(H2,9,14)/t7-/m0/s1. The van der Waals surface area contributed by atoms with Gasteiger partial charge in [0, 0.05) is 0 Å². The monoisotopic (exact) mass is 197 g/mol. The summed E-state index contributed by atoms with van der Waals surface area (Å²) >= 11 is 0. The van der Waals surface area contributed by atoms with Crippen molar-refractivity contribution in [2.45, 2.75) is 26.4 Å². The van der Waals surface area contributed by atoms with Crippen molar-refractivity contribution in [2.24, 2.45) is 5.73 Å². The van der Waals surface area contributed by atoms with Crippen LogP contribution in [0.2, 0.25) is 0 Å². The van der Waals surface area contributed by atoms with E-state index in [1.54, 1.807) is 11.7 Å². The SMILES string of the molecule is CN[C@@H](Cn1nnc(C)c1C)C(N)=O. The molecule has 1 aromatic heterocycles. The van der Waals surface area contributed by atoms with E-state index >= 15 is 0 Å². The molecule has 0 spiro atoms. The van der Waals surface area contributed by atoms with Crippen molar-refractivity contribution in [1.29, 1.82) is 0 Å². The molecule has 0 saturated heterocycles. The lowest BCUT2D eigenvalue weighted by Crippen LogP contribution is -2.42. The Bertz CT molecular complexity index is 332. The van der Waals surface area contributed by atoms with E-state index in [4.69, 9.17) is 5.73 Å². The molecule has 1 atom stereocenters. The Morgan fingerprint density at radius 3 is 2.64 bits per heavy atom. The van der Waals surface area contributed by atoms with Crippen molar-refractivity contribution in [3.8, 4) is 0 Å². The largest absolute Gasteiger partial charge is 0.368 e. The molecule has 0 saturated carbocycles. The van der Waals surface area contributed by atoms with Crippen LogP contribution in [0.4, 0.5) is 0 Å². The highest BCUT2D eigenvalue weighted by molar-refractivity contribution is 5.79. The number of nitrogens with one attached hydrogen (secondary N) is 1. The fourth-order valence-corrected chi connectivity index (χ4v) is 1.12. The van der Waals surface area contributed by atoms with Gasteiger partial charge in [-0.25, -0.2) is 4.68 Å². The number of amides is 1. The molecule has 0 unspecified atom stereocenters. The Hall–Kier alpha value is -1.43. The molecule has 0 aliphatic heterocycles. The van der Waals surface area contributed by atoms with E-state index < -0.39 is 6.04 Å². The Morgan fingerprint density at radius 2 is 2.29 bits per heavy atom. The fourth-order valence-electron chi connectivity index (χ4n) is 1.12. The van der Waals surface area contributed by atoms with Gasteiger partial charge >= 0.3 is 0 Å². The van der Waals surface area contributed by atoms with Crippen LogP contribution >= 0.6 is 0 Å². The summed E-state index contributed by atoms with van der Waals surface area (Å²) in [6.45, 7) is 4.19. The number of aryl methyl sites for hydroxylation is 1. The summed E-state index contributed by atoms with van der Waals surface area (Å²) in [5, 5.41) is 10.6. The number of nitrogens with two attached hydrogens (primary N) is 1. The number of likely N-dealkylation sites (N-methyl/N-ethyl adjacent to an activating group) is 1. The number of carbonyl (C=O) groups is 1. The number of nitrogens with zero attached hydrogens (tertiary/aromatic N) is 3. The van der Waals surface area contributed by atoms with Crippen LogP contribution in [0, 0.1) is 13.8 Å². The molecule has 0 radical (unpaired) electrons. The van der Waals surface area contributed by atoms with Gasteiger partial charge in [-0.05, 0) is 20.9 Å². The van der Waals surface area contributed by atoms with Crippen LogP contribution < -0.4 is 11.1 Å². The molecule has 3 N–H and O–H groups in total. The van der Waals surface area contributed by atoms with E-state index in [0.717, 1.165) is 11.4 Å². The van der Waals surface area contributed by atoms with Crippen molar-refractivity contribution in [2.75, 3.05) is 7.05 Å². The molecule has 6 heteroatoms. The smallest absolute Gasteiger partial charge is 0.236 e. The summed E-state index contributed by atoms with van der Waals surface area (Å²) < 4.78 is 1.67.